The minimum atomic E-state index is -2.17. The molecule has 1 fully saturated rings. The first-order valence-electron chi connectivity index (χ1n) is 6.05. The van der Waals surface area contributed by atoms with E-state index in [2.05, 4.69) is 6.58 Å². The highest BCUT2D eigenvalue weighted by Gasteiger charge is 2.67. The lowest BCUT2D eigenvalue weighted by molar-refractivity contribution is -0.150. The molecule has 0 saturated heterocycles. The molecule has 0 bridgehead atoms. The molecule has 1 saturated carbocycles. The lowest BCUT2D eigenvalue weighted by atomic mass is 9.70. The summed E-state index contributed by atoms with van der Waals surface area (Å²) in [6.45, 7) is 11.1. The Hall–Kier alpha value is -1.49. The monoisotopic (exact) mass is 268 g/mol. The molecule has 1 rings (SSSR count). The summed E-state index contributed by atoms with van der Waals surface area (Å²) in [6.07, 6.45) is -0.392. The average Bonchev–Trinajstić information content (AvgIpc) is 2.31. The van der Waals surface area contributed by atoms with Crippen molar-refractivity contribution >= 4 is 17.5 Å². The van der Waals surface area contributed by atoms with Gasteiger partial charge < -0.3 is 9.84 Å². The van der Waals surface area contributed by atoms with Crippen molar-refractivity contribution in [2.24, 2.45) is 10.8 Å². The molecule has 0 unspecified atom stereocenters. The number of rotatable bonds is 3. The summed E-state index contributed by atoms with van der Waals surface area (Å²) in [6, 6.07) is 0. The van der Waals surface area contributed by atoms with E-state index < -0.39 is 40.4 Å². The van der Waals surface area contributed by atoms with E-state index in [1.54, 1.807) is 27.7 Å². The van der Waals surface area contributed by atoms with E-state index in [0.717, 1.165) is 0 Å². The molecule has 0 heterocycles. The van der Waals surface area contributed by atoms with Crippen LogP contribution in [0.1, 0.15) is 41.0 Å². The van der Waals surface area contributed by atoms with E-state index in [1.165, 1.54) is 6.92 Å². The van der Waals surface area contributed by atoms with E-state index >= 15 is 0 Å². The predicted octanol–water partition coefficient (Wildman–Crippen LogP) is 1.39. The minimum Gasteiger partial charge on any atom is -0.432 e. The Labute approximate surface area is 112 Å². The summed E-state index contributed by atoms with van der Waals surface area (Å²) in [5, 5.41) is 10.4. The molecular formula is C14H20O5. The first-order valence-corrected chi connectivity index (χ1v) is 6.05. The molecule has 0 radical (unpaired) electrons. The van der Waals surface area contributed by atoms with Crippen LogP contribution in [-0.4, -0.2) is 28.2 Å². The van der Waals surface area contributed by atoms with Crippen LogP contribution in [0.4, 0.5) is 0 Å². The van der Waals surface area contributed by atoms with Gasteiger partial charge in [0.25, 0.3) is 0 Å². The predicted molar refractivity (Wildman–Crippen MR) is 68.0 cm³/mol. The molecule has 106 valence electrons. The molecule has 0 aliphatic heterocycles. The molecule has 1 aliphatic carbocycles. The molecular weight excluding hydrogens is 248 g/mol. The number of aliphatic hydroxyl groups is 1. The van der Waals surface area contributed by atoms with Crippen LogP contribution in [0.15, 0.2) is 12.3 Å². The quantitative estimate of drug-likeness (QED) is 0.475. The Balaban J connectivity index is 3.13. The summed E-state index contributed by atoms with van der Waals surface area (Å²) in [4.78, 5) is 35.5. The molecule has 0 amide bonds. The lowest BCUT2D eigenvalue weighted by Gasteiger charge is -2.30. The van der Waals surface area contributed by atoms with Gasteiger partial charge in [0, 0.05) is 24.2 Å². The second kappa shape index (κ2) is 4.27. The van der Waals surface area contributed by atoms with Crippen molar-refractivity contribution in [3.63, 3.8) is 0 Å². The molecule has 0 aromatic rings. The van der Waals surface area contributed by atoms with Gasteiger partial charge in [-0.2, -0.15) is 0 Å². The van der Waals surface area contributed by atoms with Crippen LogP contribution in [0.2, 0.25) is 0 Å². The van der Waals surface area contributed by atoms with Gasteiger partial charge in [-0.3, -0.25) is 14.4 Å². The molecule has 5 nitrogen and oxygen atoms in total. The zero-order valence-electron chi connectivity index (χ0n) is 12.0. The van der Waals surface area contributed by atoms with Crippen molar-refractivity contribution in [2.75, 3.05) is 0 Å². The number of ketones is 2. The van der Waals surface area contributed by atoms with Gasteiger partial charge in [-0.25, -0.2) is 0 Å². The molecule has 1 aliphatic rings. The summed E-state index contributed by atoms with van der Waals surface area (Å²) >= 11 is 0. The second-order valence-corrected chi connectivity index (χ2v) is 6.08. The third-order valence-electron chi connectivity index (χ3n) is 4.19. The van der Waals surface area contributed by atoms with Gasteiger partial charge in [-0.1, -0.05) is 34.3 Å². The van der Waals surface area contributed by atoms with Crippen molar-refractivity contribution in [2.45, 2.75) is 46.6 Å². The van der Waals surface area contributed by atoms with Crippen molar-refractivity contribution in [3.05, 3.63) is 12.3 Å². The third-order valence-corrected chi connectivity index (χ3v) is 4.19. The lowest BCUT2D eigenvalue weighted by Crippen LogP contribution is -2.44. The van der Waals surface area contributed by atoms with Crippen LogP contribution in [0.5, 0.6) is 0 Å². The summed E-state index contributed by atoms with van der Waals surface area (Å²) in [7, 11) is 0. The summed E-state index contributed by atoms with van der Waals surface area (Å²) in [5.74, 6) is -1.83. The van der Waals surface area contributed by atoms with Crippen LogP contribution in [-0.2, 0) is 19.1 Å². The number of hydrogen-bond acceptors (Lipinski definition) is 5. The fourth-order valence-corrected chi connectivity index (χ4v) is 2.39. The maximum Gasteiger partial charge on any atom is 0.307 e. The number of Topliss-reactive ketones (excluding diaryl/α,β-unsaturated/α-hetero) is 2. The molecule has 5 heteroatoms. The van der Waals surface area contributed by atoms with Gasteiger partial charge in [0.05, 0.1) is 0 Å². The van der Waals surface area contributed by atoms with E-state index in [-0.39, 0.29) is 5.76 Å². The second-order valence-electron chi connectivity index (χ2n) is 6.08. The SMILES string of the molecule is C=C(CC1(O)C(=O)C(C)(C)C(C)(C)C1=O)OC(C)=O. The molecule has 0 aromatic carbocycles. The highest BCUT2D eigenvalue weighted by molar-refractivity contribution is 6.21. The molecule has 0 spiro atoms. The largest absolute Gasteiger partial charge is 0.432 e. The number of carbonyl (C=O) groups is 3. The molecule has 0 aromatic heterocycles. The number of ether oxygens (including phenoxy) is 1. The molecule has 0 atom stereocenters. The van der Waals surface area contributed by atoms with Gasteiger partial charge >= 0.3 is 5.97 Å². The summed E-state index contributed by atoms with van der Waals surface area (Å²) in [5.41, 5.74) is -4.15. The first-order chi connectivity index (χ1) is 8.37. The Morgan fingerprint density at radius 2 is 1.53 bits per heavy atom. The van der Waals surface area contributed by atoms with E-state index in [1.807, 2.05) is 0 Å². The van der Waals surface area contributed by atoms with Gasteiger partial charge in [0.1, 0.15) is 5.76 Å². The maximum atomic E-state index is 12.3. The van der Waals surface area contributed by atoms with Crippen molar-refractivity contribution < 1.29 is 24.2 Å². The van der Waals surface area contributed by atoms with E-state index in [4.69, 9.17) is 4.74 Å². The van der Waals surface area contributed by atoms with Crippen LogP contribution >= 0.6 is 0 Å². The van der Waals surface area contributed by atoms with Crippen LogP contribution < -0.4 is 0 Å². The normalized spacial score (nSPS) is 23.3. The average molecular weight is 268 g/mol. The van der Waals surface area contributed by atoms with Gasteiger partial charge in [0.2, 0.25) is 0 Å². The minimum absolute atomic E-state index is 0.0924. The fraction of sp³-hybridized carbons (Fsp3) is 0.643. The van der Waals surface area contributed by atoms with Crippen LogP contribution in [0.3, 0.4) is 0 Å². The fourth-order valence-electron chi connectivity index (χ4n) is 2.39. The van der Waals surface area contributed by atoms with Gasteiger partial charge in [-0.15, -0.1) is 0 Å². The highest BCUT2D eigenvalue weighted by atomic mass is 16.5. The highest BCUT2D eigenvalue weighted by Crippen LogP contribution is 2.52. The van der Waals surface area contributed by atoms with Crippen molar-refractivity contribution in [1.29, 1.82) is 0 Å². The number of hydrogen-bond donors (Lipinski definition) is 1. The Kier molecular flexibility index (Phi) is 3.50. The third kappa shape index (κ3) is 2.12. The summed E-state index contributed by atoms with van der Waals surface area (Å²) < 4.78 is 4.71. The van der Waals surface area contributed by atoms with E-state index in [0.29, 0.717) is 0 Å². The standard InChI is InChI=1S/C14H20O5/c1-8(19-9(2)15)7-14(18)10(16)12(3,4)13(5,6)11(14)17/h18H,1,7H2,2-6H3. The van der Waals surface area contributed by atoms with Gasteiger partial charge in [-0.05, 0) is 0 Å². The van der Waals surface area contributed by atoms with Crippen molar-refractivity contribution in [3.8, 4) is 0 Å². The first kappa shape index (κ1) is 15.6. The van der Waals surface area contributed by atoms with Gasteiger partial charge in [0.15, 0.2) is 17.2 Å². The topological polar surface area (TPSA) is 80.7 Å². The Morgan fingerprint density at radius 3 is 1.84 bits per heavy atom. The number of carbonyl (C=O) groups excluding carboxylic acids is 3. The van der Waals surface area contributed by atoms with Crippen LogP contribution in [0.25, 0.3) is 0 Å². The smallest absolute Gasteiger partial charge is 0.307 e. The van der Waals surface area contributed by atoms with Crippen molar-refractivity contribution in [1.82, 2.24) is 0 Å². The zero-order valence-corrected chi connectivity index (χ0v) is 12.0. The maximum absolute atomic E-state index is 12.3. The Morgan fingerprint density at radius 1 is 1.16 bits per heavy atom. The molecule has 1 N–H and O–H groups in total. The van der Waals surface area contributed by atoms with Crippen LogP contribution in [0, 0.1) is 10.8 Å². The van der Waals surface area contributed by atoms with E-state index in [9.17, 15) is 19.5 Å². The molecule has 19 heavy (non-hydrogen) atoms. The number of esters is 1. The Bertz CT molecular complexity index is 444. The zero-order chi connectivity index (χ0) is 15.2.